The number of imidazole rings is 1. The molecule has 1 saturated heterocycles. The number of aromatic nitrogens is 3. The van der Waals surface area contributed by atoms with Crippen LogP contribution in [0.15, 0.2) is 61.1 Å². The van der Waals surface area contributed by atoms with Crippen LogP contribution in [0.2, 0.25) is 5.02 Å². The molecule has 0 spiro atoms. The Balaban J connectivity index is 1.33. The second-order valence-electron chi connectivity index (χ2n) is 12.0. The molecule has 6 rings (SSSR count). The summed E-state index contributed by atoms with van der Waals surface area (Å²) in [4.78, 5) is 11.8. The molecule has 2 fully saturated rings. The first-order valence-electron chi connectivity index (χ1n) is 14.3. The van der Waals surface area contributed by atoms with Gasteiger partial charge in [-0.1, -0.05) is 29.8 Å². The van der Waals surface area contributed by atoms with E-state index in [1.165, 1.54) is 6.07 Å². The summed E-state index contributed by atoms with van der Waals surface area (Å²) < 4.78 is 22.2. The van der Waals surface area contributed by atoms with E-state index < -0.39 is 0 Å². The highest BCUT2D eigenvalue weighted by molar-refractivity contribution is 6.33. The Morgan fingerprint density at radius 2 is 1.90 bits per heavy atom. The highest BCUT2D eigenvalue weighted by atomic mass is 35.5. The average Bonchev–Trinajstić information content (AvgIpc) is 3.49. The minimum Gasteiger partial charge on any atom is -0.371 e. The highest BCUT2D eigenvalue weighted by Gasteiger charge is 2.35. The zero-order valence-corrected chi connectivity index (χ0v) is 23.9. The van der Waals surface area contributed by atoms with Crippen LogP contribution in [-0.2, 0) is 11.3 Å². The summed E-state index contributed by atoms with van der Waals surface area (Å²) in [6.07, 6.45) is 9.96. The van der Waals surface area contributed by atoms with E-state index in [-0.39, 0.29) is 23.6 Å². The monoisotopic (exact) mass is 561 g/mol. The summed E-state index contributed by atoms with van der Waals surface area (Å²) in [6.45, 7) is 5.68. The molecule has 0 amide bonds. The van der Waals surface area contributed by atoms with Crippen LogP contribution < -0.4 is 10.6 Å². The number of rotatable bonds is 7. The van der Waals surface area contributed by atoms with Crippen molar-refractivity contribution in [1.82, 2.24) is 14.5 Å². The number of hydrogen-bond acceptors (Lipinski definition) is 5. The Kier molecular flexibility index (Phi) is 7.55. The second-order valence-corrected chi connectivity index (χ2v) is 12.4. The molecule has 40 heavy (non-hydrogen) atoms. The topological polar surface area (TPSA) is 69.2 Å². The third kappa shape index (κ3) is 5.87. The molecule has 2 aromatic heterocycles. The number of fused-ring (bicyclic) bond motifs is 1. The highest BCUT2D eigenvalue weighted by Crippen LogP contribution is 2.36. The van der Waals surface area contributed by atoms with Crippen LogP contribution in [0, 0.1) is 5.82 Å². The van der Waals surface area contributed by atoms with Gasteiger partial charge in [-0.2, -0.15) is 0 Å². The molecule has 2 aromatic carbocycles. The van der Waals surface area contributed by atoms with Crippen molar-refractivity contribution < 1.29 is 9.13 Å². The third-order valence-corrected chi connectivity index (χ3v) is 8.75. The normalized spacial score (nSPS) is 22.6. The third-order valence-electron chi connectivity index (χ3n) is 8.45. The zero-order chi connectivity index (χ0) is 27.9. The Morgan fingerprint density at radius 3 is 2.65 bits per heavy atom. The van der Waals surface area contributed by atoms with Crippen LogP contribution in [0.25, 0.3) is 22.2 Å². The fraction of sp³-hybridized carbons (Fsp3) is 0.438. The Morgan fingerprint density at radius 1 is 1.07 bits per heavy atom. The van der Waals surface area contributed by atoms with Gasteiger partial charge in [-0.05, 0) is 93.8 Å². The van der Waals surface area contributed by atoms with E-state index in [9.17, 15) is 4.39 Å². The van der Waals surface area contributed by atoms with Crippen molar-refractivity contribution in [3.05, 3.63) is 77.5 Å². The smallest absolute Gasteiger partial charge is 0.129 e. The number of nitrogens with two attached hydrogens (primary N) is 1. The standard InChI is InChI=1S/C32H37ClFN5O/c1-32(2)13-12-26(40-32)19-39(25-9-7-24(35)8-10-25)31-16-27(28(33)17-36-31)22-6-11-29-30(15-22)38(20-37-29)18-21-4-3-5-23(34)14-21/h3-6,11,14-17,20,24-26H,7-10,12-13,18-19,35H2,1-2H3/t24-,25-,26?. The van der Waals surface area contributed by atoms with E-state index in [0.29, 0.717) is 17.6 Å². The van der Waals surface area contributed by atoms with Crippen LogP contribution in [0.4, 0.5) is 10.2 Å². The largest absolute Gasteiger partial charge is 0.371 e. The van der Waals surface area contributed by atoms with Crippen molar-refractivity contribution in [2.45, 2.75) is 82.7 Å². The second kappa shape index (κ2) is 11.1. The number of pyridine rings is 1. The first-order chi connectivity index (χ1) is 19.2. The maximum atomic E-state index is 13.8. The van der Waals surface area contributed by atoms with Crippen molar-refractivity contribution >= 4 is 28.5 Å². The van der Waals surface area contributed by atoms with Gasteiger partial charge in [0.05, 0.1) is 34.1 Å². The molecular formula is C32H37ClFN5O. The van der Waals surface area contributed by atoms with E-state index in [1.807, 2.05) is 16.7 Å². The van der Waals surface area contributed by atoms with Crippen LogP contribution in [0.1, 0.15) is 57.9 Å². The van der Waals surface area contributed by atoms with Crippen molar-refractivity contribution in [3.63, 3.8) is 0 Å². The van der Waals surface area contributed by atoms with Crippen molar-refractivity contribution in [2.75, 3.05) is 11.4 Å². The van der Waals surface area contributed by atoms with Gasteiger partial charge in [0.25, 0.3) is 0 Å². The molecule has 8 heteroatoms. The summed E-state index contributed by atoms with van der Waals surface area (Å²) >= 11 is 6.77. The van der Waals surface area contributed by atoms with Gasteiger partial charge < -0.3 is 19.9 Å². The van der Waals surface area contributed by atoms with Crippen molar-refractivity contribution in [1.29, 1.82) is 0 Å². The number of nitrogens with zero attached hydrogens (tertiary/aromatic N) is 4. The van der Waals surface area contributed by atoms with E-state index >= 15 is 0 Å². The van der Waals surface area contributed by atoms with Gasteiger partial charge in [0.1, 0.15) is 11.6 Å². The van der Waals surface area contributed by atoms with Crippen LogP contribution in [-0.4, -0.2) is 44.9 Å². The molecule has 1 atom stereocenters. The summed E-state index contributed by atoms with van der Waals surface area (Å²) in [5.74, 6) is 0.677. The van der Waals surface area contributed by atoms with E-state index in [0.717, 1.165) is 78.6 Å². The summed E-state index contributed by atoms with van der Waals surface area (Å²) in [6, 6.07) is 15.6. The van der Waals surface area contributed by atoms with Gasteiger partial charge in [-0.25, -0.2) is 14.4 Å². The molecule has 1 aliphatic heterocycles. The fourth-order valence-corrected chi connectivity index (χ4v) is 6.47. The predicted molar refractivity (Wildman–Crippen MR) is 159 cm³/mol. The van der Waals surface area contributed by atoms with Gasteiger partial charge in [-0.15, -0.1) is 0 Å². The van der Waals surface area contributed by atoms with Crippen LogP contribution >= 0.6 is 11.6 Å². The lowest BCUT2D eigenvalue weighted by molar-refractivity contribution is -0.0125. The fourth-order valence-electron chi connectivity index (χ4n) is 6.26. The van der Waals surface area contributed by atoms with Gasteiger partial charge in [0.2, 0.25) is 0 Å². The summed E-state index contributed by atoms with van der Waals surface area (Å²) in [5.41, 5.74) is 10.8. The van der Waals surface area contributed by atoms with Crippen LogP contribution in [0.3, 0.4) is 0 Å². The molecule has 4 aromatic rings. The molecule has 1 saturated carbocycles. The van der Waals surface area contributed by atoms with E-state index in [2.05, 4.69) is 41.9 Å². The SMILES string of the molecule is CC1(C)CCC(CN(c2cc(-c3ccc4ncn(Cc5cccc(F)c5)c4c3)c(Cl)cn2)[C@H]2CC[C@H](N)CC2)O1. The number of anilines is 1. The van der Waals surface area contributed by atoms with Gasteiger partial charge in [-0.3, -0.25) is 0 Å². The lowest BCUT2D eigenvalue weighted by atomic mass is 9.90. The zero-order valence-electron chi connectivity index (χ0n) is 23.2. The lowest BCUT2D eigenvalue weighted by Gasteiger charge is -2.38. The van der Waals surface area contributed by atoms with Gasteiger partial charge in [0, 0.05) is 36.9 Å². The van der Waals surface area contributed by atoms with Crippen LogP contribution in [0.5, 0.6) is 0 Å². The molecule has 1 aliphatic carbocycles. The Hall–Kier alpha value is -3.00. The molecule has 0 bridgehead atoms. The quantitative estimate of drug-likeness (QED) is 0.264. The molecule has 6 nitrogen and oxygen atoms in total. The maximum absolute atomic E-state index is 13.8. The molecule has 210 valence electrons. The molecule has 0 radical (unpaired) electrons. The summed E-state index contributed by atoms with van der Waals surface area (Å²) in [7, 11) is 0. The number of hydrogen-bond donors (Lipinski definition) is 1. The van der Waals surface area contributed by atoms with E-state index in [4.69, 9.17) is 27.1 Å². The minimum absolute atomic E-state index is 0.0896. The van der Waals surface area contributed by atoms with Crippen molar-refractivity contribution in [3.8, 4) is 11.1 Å². The molecule has 1 unspecified atom stereocenters. The van der Waals surface area contributed by atoms with Gasteiger partial charge in [0.15, 0.2) is 0 Å². The molecule has 2 N–H and O–H groups in total. The number of ether oxygens (including phenoxy) is 1. The van der Waals surface area contributed by atoms with Crippen molar-refractivity contribution in [2.24, 2.45) is 5.73 Å². The Labute approximate surface area is 240 Å². The first-order valence-corrected chi connectivity index (χ1v) is 14.7. The maximum Gasteiger partial charge on any atom is 0.129 e. The Bertz CT molecular complexity index is 1500. The summed E-state index contributed by atoms with van der Waals surface area (Å²) in [5, 5.41) is 0.600. The molecule has 3 heterocycles. The average molecular weight is 562 g/mol. The van der Waals surface area contributed by atoms with E-state index in [1.54, 1.807) is 24.7 Å². The predicted octanol–water partition coefficient (Wildman–Crippen LogP) is 6.97. The lowest BCUT2D eigenvalue weighted by Crippen LogP contribution is -2.45. The molecule has 2 aliphatic rings. The minimum atomic E-state index is -0.241. The number of halogens is 2. The number of benzene rings is 2. The van der Waals surface area contributed by atoms with Gasteiger partial charge >= 0.3 is 0 Å². The first kappa shape index (κ1) is 27.2. The molecular weight excluding hydrogens is 525 g/mol.